The van der Waals surface area contributed by atoms with E-state index in [1.54, 1.807) is 0 Å². The van der Waals surface area contributed by atoms with Crippen LogP contribution in [0.3, 0.4) is 0 Å². The summed E-state index contributed by atoms with van der Waals surface area (Å²) < 4.78 is 0. The molecule has 0 unspecified atom stereocenters. The number of benzene rings is 2. The van der Waals surface area contributed by atoms with Gasteiger partial charge in [0.1, 0.15) is 6.61 Å². The highest BCUT2D eigenvalue weighted by Crippen LogP contribution is 2.11. The number of aryl methyl sites for hydroxylation is 3. The summed E-state index contributed by atoms with van der Waals surface area (Å²) in [5.74, 6) is -0.0954. The van der Waals surface area contributed by atoms with E-state index in [4.69, 9.17) is 5.11 Å². The molecule has 0 aliphatic heterocycles. The standard InChI is InChI=1S/C19H22O2/c20-15-19(21)14-13-18-11-9-17(10-12-18)8-4-7-16-5-2-1-3-6-16/h1-3,5-6,9-12,20H,4,7-8,13-15H2. The van der Waals surface area contributed by atoms with Crippen LogP contribution in [0.4, 0.5) is 0 Å². The molecule has 0 aliphatic rings. The molecule has 0 saturated carbocycles. The summed E-state index contributed by atoms with van der Waals surface area (Å²) in [4.78, 5) is 11.1. The molecule has 0 heterocycles. The summed E-state index contributed by atoms with van der Waals surface area (Å²) in [6.45, 7) is -0.350. The third kappa shape index (κ3) is 5.52. The molecule has 110 valence electrons. The van der Waals surface area contributed by atoms with E-state index in [-0.39, 0.29) is 12.4 Å². The van der Waals surface area contributed by atoms with E-state index in [9.17, 15) is 4.79 Å². The van der Waals surface area contributed by atoms with Crippen LogP contribution >= 0.6 is 0 Å². The van der Waals surface area contributed by atoms with Crippen LogP contribution in [0.2, 0.25) is 0 Å². The Morgan fingerprint density at radius 1 is 0.762 bits per heavy atom. The van der Waals surface area contributed by atoms with Gasteiger partial charge in [0.25, 0.3) is 0 Å². The summed E-state index contributed by atoms with van der Waals surface area (Å²) >= 11 is 0. The predicted molar refractivity (Wildman–Crippen MR) is 85.3 cm³/mol. The highest BCUT2D eigenvalue weighted by Gasteiger charge is 2.01. The van der Waals surface area contributed by atoms with Gasteiger partial charge in [0.15, 0.2) is 5.78 Å². The summed E-state index contributed by atoms with van der Waals surface area (Å²) in [5, 5.41) is 8.70. The van der Waals surface area contributed by atoms with Gasteiger partial charge in [-0.2, -0.15) is 0 Å². The smallest absolute Gasteiger partial charge is 0.158 e. The van der Waals surface area contributed by atoms with E-state index in [1.807, 2.05) is 6.07 Å². The monoisotopic (exact) mass is 282 g/mol. The minimum Gasteiger partial charge on any atom is -0.389 e. The van der Waals surface area contributed by atoms with E-state index in [0.717, 1.165) is 24.8 Å². The van der Waals surface area contributed by atoms with Gasteiger partial charge in [-0.1, -0.05) is 54.6 Å². The van der Waals surface area contributed by atoms with Crippen molar-refractivity contribution in [2.24, 2.45) is 0 Å². The topological polar surface area (TPSA) is 37.3 Å². The van der Waals surface area contributed by atoms with Gasteiger partial charge in [0.2, 0.25) is 0 Å². The van der Waals surface area contributed by atoms with Crippen LogP contribution in [0.1, 0.15) is 29.5 Å². The van der Waals surface area contributed by atoms with Crippen LogP contribution in [0, 0.1) is 0 Å². The van der Waals surface area contributed by atoms with Crippen molar-refractivity contribution in [3.8, 4) is 0 Å². The Morgan fingerprint density at radius 3 is 1.86 bits per heavy atom. The van der Waals surface area contributed by atoms with Crippen LogP contribution in [-0.4, -0.2) is 17.5 Å². The number of ketones is 1. The summed E-state index contributed by atoms with van der Waals surface area (Å²) in [7, 11) is 0. The number of aliphatic hydroxyl groups is 1. The quantitative estimate of drug-likeness (QED) is 0.806. The van der Waals surface area contributed by atoms with Gasteiger partial charge in [-0.05, 0) is 42.4 Å². The molecule has 0 spiro atoms. The Hall–Kier alpha value is -1.93. The Kier molecular flexibility index (Phi) is 6.17. The molecular weight excluding hydrogens is 260 g/mol. The molecule has 2 aromatic rings. The van der Waals surface area contributed by atoms with Crippen molar-refractivity contribution in [3.63, 3.8) is 0 Å². The molecule has 2 heteroatoms. The number of Topliss-reactive ketones (excluding diaryl/α,β-unsaturated/α-hetero) is 1. The van der Waals surface area contributed by atoms with Crippen molar-refractivity contribution in [3.05, 3.63) is 71.3 Å². The molecule has 0 saturated heterocycles. The second-order valence-electron chi connectivity index (χ2n) is 5.35. The molecular formula is C19H22O2. The van der Waals surface area contributed by atoms with Crippen molar-refractivity contribution in [2.45, 2.75) is 32.1 Å². The zero-order valence-corrected chi connectivity index (χ0v) is 12.3. The lowest BCUT2D eigenvalue weighted by atomic mass is 10.0. The molecule has 0 amide bonds. The summed E-state index contributed by atoms with van der Waals surface area (Å²) in [6, 6.07) is 19.0. The fraction of sp³-hybridized carbons (Fsp3) is 0.316. The minimum absolute atomic E-state index is 0.0954. The maximum absolute atomic E-state index is 11.1. The van der Waals surface area contributed by atoms with E-state index in [1.165, 1.54) is 11.1 Å². The van der Waals surface area contributed by atoms with E-state index in [2.05, 4.69) is 48.5 Å². The van der Waals surface area contributed by atoms with Crippen LogP contribution in [0.15, 0.2) is 54.6 Å². The first kappa shape index (κ1) is 15.5. The van der Waals surface area contributed by atoms with Gasteiger partial charge in [-0.25, -0.2) is 0 Å². The Morgan fingerprint density at radius 2 is 1.29 bits per heavy atom. The van der Waals surface area contributed by atoms with Gasteiger partial charge < -0.3 is 5.11 Å². The van der Waals surface area contributed by atoms with Crippen molar-refractivity contribution < 1.29 is 9.90 Å². The molecule has 0 aliphatic carbocycles. The molecule has 0 radical (unpaired) electrons. The molecule has 0 aromatic heterocycles. The van der Waals surface area contributed by atoms with Gasteiger partial charge in [-0.15, -0.1) is 0 Å². The lowest BCUT2D eigenvalue weighted by Gasteiger charge is -2.04. The average molecular weight is 282 g/mol. The summed E-state index contributed by atoms with van der Waals surface area (Å²) in [5.41, 5.74) is 3.88. The first-order valence-electron chi connectivity index (χ1n) is 7.52. The maximum Gasteiger partial charge on any atom is 0.158 e. The summed E-state index contributed by atoms with van der Waals surface area (Å²) in [6.07, 6.45) is 4.46. The second kappa shape index (κ2) is 8.38. The lowest BCUT2D eigenvalue weighted by molar-refractivity contribution is -0.121. The highest BCUT2D eigenvalue weighted by atomic mass is 16.3. The number of hydrogen-bond acceptors (Lipinski definition) is 2. The molecule has 21 heavy (non-hydrogen) atoms. The van der Waals surface area contributed by atoms with Gasteiger partial charge in [0.05, 0.1) is 0 Å². The first-order chi connectivity index (χ1) is 10.3. The average Bonchev–Trinajstić information content (AvgIpc) is 2.55. The van der Waals surface area contributed by atoms with Crippen molar-refractivity contribution in [1.29, 1.82) is 0 Å². The number of hydrogen-bond donors (Lipinski definition) is 1. The molecule has 0 fully saturated rings. The third-order valence-electron chi connectivity index (χ3n) is 3.67. The largest absolute Gasteiger partial charge is 0.389 e. The number of carbonyl (C=O) groups excluding carboxylic acids is 1. The van der Waals surface area contributed by atoms with Crippen LogP contribution in [0.5, 0.6) is 0 Å². The predicted octanol–water partition coefficient (Wildman–Crippen LogP) is 3.36. The maximum atomic E-state index is 11.1. The third-order valence-corrected chi connectivity index (χ3v) is 3.67. The Bertz CT molecular complexity index is 544. The number of rotatable bonds is 8. The highest BCUT2D eigenvalue weighted by molar-refractivity contribution is 5.79. The van der Waals surface area contributed by atoms with E-state index < -0.39 is 0 Å². The molecule has 2 rings (SSSR count). The molecule has 0 atom stereocenters. The zero-order valence-electron chi connectivity index (χ0n) is 12.3. The van der Waals surface area contributed by atoms with Gasteiger partial charge >= 0.3 is 0 Å². The first-order valence-corrected chi connectivity index (χ1v) is 7.52. The van der Waals surface area contributed by atoms with Crippen LogP contribution in [-0.2, 0) is 24.1 Å². The van der Waals surface area contributed by atoms with E-state index >= 15 is 0 Å². The van der Waals surface area contributed by atoms with Crippen molar-refractivity contribution >= 4 is 5.78 Å². The second-order valence-corrected chi connectivity index (χ2v) is 5.35. The molecule has 1 N–H and O–H groups in total. The van der Waals surface area contributed by atoms with Crippen LogP contribution < -0.4 is 0 Å². The SMILES string of the molecule is O=C(CO)CCc1ccc(CCCc2ccccc2)cc1. The number of aliphatic hydroxyl groups excluding tert-OH is 1. The Balaban J connectivity index is 1.76. The van der Waals surface area contributed by atoms with Crippen molar-refractivity contribution in [1.82, 2.24) is 0 Å². The fourth-order valence-electron chi connectivity index (χ4n) is 2.38. The van der Waals surface area contributed by atoms with Gasteiger partial charge in [-0.3, -0.25) is 4.79 Å². The van der Waals surface area contributed by atoms with Crippen LogP contribution in [0.25, 0.3) is 0 Å². The number of carbonyl (C=O) groups is 1. The fourth-order valence-corrected chi connectivity index (χ4v) is 2.38. The molecule has 2 aromatic carbocycles. The van der Waals surface area contributed by atoms with Gasteiger partial charge in [0, 0.05) is 6.42 Å². The molecule has 0 bridgehead atoms. The Labute approximate surface area is 126 Å². The minimum atomic E-state index is -0.350. The van der Waals surface area contributed by atoms with Crippen molar-refractivity contribution in [2.75, 3.05) is 6.61 Å². The zero-order chi connectivity index (χ0) is 14.9. The molecule has 2 nitrogen and oxygen atoms in total. The van der Waals surface area contributed by atoms with E-state index in [0.29, 0.717) is 12.8 Å². The lowest BCUT2D eigenvalue weighted by Crippen LogP contribution is -2.04. The normalized spacial score (nSPS) is 10.5.